The second-order valence-electron chi connectivity index (χ2n) is 7.22. The molecule has 1 N–H and O–H groups in total. The summed E-state index contributed by atoms with van der Waals surface area (Å²) in [6.07, 6.45) is 15.9. The molecule has 3 atom stereocenters. The van der Waals surface area contributed by atoms with Gasteiger partial charge in [-0.25, -0.2) is 14.6 Å². The molecule has 1 heterocycles. The number of rotatable bonds is 11. The predicted molar refractivity (Wildman–Crippen MR) is 106 cm³/mol. The maximum Gasteiger partial charge on any atom is 0.328 e. The van der Waals surface area contributed by atoms with E-state index in [1.165, 1.54) is 5.57 Å². The van der Waals surface area contributed by atoms with E-state index < -0.39 is 17.2 Å². The van der Waals surface area contributed by atoms with Crippen molar-refractivity contribution < 1.29 is 19.7 Å². The molecule has 1 aliphatic heterocycles. The summed E-state index contributed by atoms with van der Waals surface area (Å²) < 4.78 is 0. The molecule has 0 amide bonds. The summed E-state index contributed by atoms with van der Waals surface area (Å²) in [6, 6.07) is 0. The SMILES string of the molecule is CCC=CC(CC)CC(=CC1(CC)CC(C=CC(=O)O)(CC)OO1)CC. The van der Waals surface area contributed by atoms with Gasteiger partial charge >= 0.3 is 5.97 Å². The Bertz CT molecular complexity index is 534. The molecule has 4 heteroatoms. The lowest BCUT2D eigenvalue weighted by molar-refractivity contribution is -0.333. The molecule has 0 aromatic heterocycles. The monoisotopic (exact) mass is 364 g/mol. The third-order valence-corrected chi connectivity index (χ3v) is 5.31. The molecule has 0 aromatic rings. The van der Waals surface area contributed by atoms with Gasteiger partial charge in [0.05, 0.1) is 0 Å². The van der Waals surface area contributed by atoms with Crippen molar-refractivity contribution in [2.75, 3.05) is 0 Å². The van der Waals surface area contributed by atoms with Crippen molar-refractivity contribution in [1.82, 2.24) is 0 Å². The van der Waals surface area contributed by atoms with Gasteiger partial charge in [-0.2, -0.15) is 0 Å². The number of carbonyl (C=O) groups is 1. The highest BCUT2D eigenvalue weighted by molar-refractivity contribution is 5.79. The van der Waals surface area contributed by atoms with Crippen LogP contribution in [0, 0.1) is 5.92 Å². The van der Waals surface area contributed by atoms with Gasteiger partial charge in [-0.15, -0.1) is 0 Å². The molecule has 1 rings (SSSR count). The molecule has 0 spiro atoms. The minimum atomic E-state index is -0.964. The van der Waals surface area contributed by atoms with Gasteiger partial charge in [0.15, 0.2) is 0 Å². The summed E-state index contributed by atoms with van der Waals surface area (Å²) in [5.74, 6) is -0.422. The van der Waals surface area contributed by atoms with Crippen LogP contribution >= 0.6 is 0 Å². The molecule has 1 fully saturated rings. The first-order chi connectivity index (χ1) is 12.4. The zero-order chi connectivity index (χ0) is 19.6. The van der Waals surface area contributed by atoms with Crippen molar-refractivity contribution >= 4 is 5.97 Å². The van der Waals surface area contributed by atoms with Crippen molar-refractivity contribution in [2.45, 2.75) is 90.8 Å². The average Bonchev–Trinajstić information content (AvgIpc) is 3.02. The van der Waals surface area contributed by atoms with Crippen LogP contribution < -0.4 is 0 Å². The summed E-state index contributed by atoms with van der Waals surface area (Å²) in [7, 11) is 0. The molecule has 1 aliphatic rings. The van der Waals surface area contributed by atoms with E-state index >= 15 is 0 Å². The minimum Gasteiger partial charge on any atom is -0.478 e. The molecule has 0 aliphatic carbocycles. The molecule has 0 aromatic carbocycles. The van der Waals surface area contributed by atoms with Crippen LogP contribution in [0.4, 0.5) is 0 Å². The van der Waals surface area contributed by atoms with E-state index in [1.54, 1.807) is 6.08 Å². The lowest BCUT2D eigenvalue weighted by Gasteiger charge is -2.24. The van der Waals surface area contributed by atoms with Gasteiger partial charge in [0.25, 0.3) is 0 Å². The third kappa shape index (κ3) is 6.40. The molecule has 0 bridgehead atoms. The predicted octanol–water partition coefficient (Wildman–Crippen LogP) is 6.00. The fourth-order valence-electron chi connectivity index (χ4n) is 3.40. The van der Waals surface area contributed by atoms with Gasteiger partial charge in [-0.3, -0.25) is 0 Å². The van der Waals surface area contributed by atoms with E-state index in [2.05, 4.69) is 45.9 Å². The van der Waals surface area contributed by atoms with E-state index in [1.807, 2.05) is 6.92 Å². The smallest absolute Gasteiger partial charge is 0.328 e. The molecule has 3 unspecified atom stereocenters. The highest BCUT2D eigenvalue weighted by Gasteiger charge is 2.47. The number of allylic oxidation sites excluding steroid dienone is 3. The molecule has 1 saturated heterocycles. The first-order valence-electron chi connectivity index (χ1n) is 10.0. The van der Waals surface area contributed by atoms with Crippen LogP contribution in [-0.4, -0.2) is 22.3 Å². The first kappa shape index (κ1) is 22.7. The number of aliphatic carboxylic acids is 1. The zero-order valence-electron chi connectivity index (χ0n) is 17.1. The quantitative estimate of drug-likeness (QED) is 0.278. The van der Waals surface area contributed by atoms with Gasteiger partial charge in [0, 0.05) is 12.5 Å². The number of carboxylic acids is 1. The standard InChI is InChI=1S/C22H36O4/c1-6-11-12-18(7-2)15-19(8-3)16-22(10-5)17-21(9-4,25-26-22)14-13-20(23)24/h11-14,16,18H,6-10,15,17H2,1-5H3,(H,23,24). The molecule has 4 nitrogen and oxygen atoms in total. The minimum absolute atomic E-state index is 0.489. The van der Waals surface area contributed by atoms with Crippen LogP contribution in [0.3, 0.4) is 0 Å². The maximum absolute atomic E-state index is 10.9. The molecular formula is C22H36O4. The highest BCUT2D eigenvalue weighted by atomic mass is 17.2. The number of hydrogen-bond acceptors (Lipinski definition) is 3. The second-order valence-corrected chi connectivity index (χ2v) is 7.22. The molecule has 26 heavy (non-hydrogen) atoms. The van der Waals surface area contributed by atoms with Gasteiger partial charge in [0.1, 0.15) is 11.2 Å². The van der Waals surface area contributed by atoms with Crippen molar-refractivity contribution in [3.63, 3.8) is 0 Å². The number of hydrogen-bond donors (Lipinski definition) is 1. The normalized spacial score (nSPS) is 28.3. The van der Waals surface area contributed by atoms with Crippen LogP contribution in [0.5, 0.6) is 0 Å². The van der Waals surface area contributed by atoms with Gasteiger partial charge < -0.3 is 5.11 Å². The Hall–Kier alpha value is -1.39. The van der Waals surface area contributed by atoms with Gasteiger partial charge in [-0.1, -0.05) is 58.4 Å². The van der Waals surface area contributed by atoms with E-state index in [0.29, 0.717) is 18.8 Å². The average molecular weight is 365 g/mol. The van der Waals surface area contributed by atoms with E-state index in [4.69, 9.17) is 14.9 Å². The van der Waals surface area contributed by atoms with Crippen LogP contribution in [0.1, 0.15) is 79.6 Å². The summed E-state index contributed by atoms with van der Waals surface area (Å²) in [5.41, 5.74) is 0.213. The molecule has 0 saturated carbocycles. The Kier molecular flexibility index (Phi) is 9.31. The lowest BCUT2D eigenvalue weighted by Crippen LogP contribution is -2.30. The third-order valence-electron chi connectivity index (χ3n) is 5.31. The maximum atomic E-state index is 10.9. The number of carboxylic acid groups (broad SMARTS) is 1. The zero-order valence-corrected chi connectivity index (χ0v) is 17.1. The van der Waals surface area contributed by atoms with Crippen LogP contribution in [-0.2, 0) is 14.6 Å². The Morgan fingerprint density at radius 1 is 1.12 bits per heavy atom. The highest BCUT2D eigenvalue weighted by Crippen LogP contribution is 2.43. The van der Waals surface area contributed by atoms with Crippen molar-refractivity contribution in [1.29, 1.82) is 0 Å². The van der Waals surface area contributed by atoms with E-state index in [0.717, 1.165) is 38.2 Å². The van der Waals surface area contributed by atoms with E-state index in [-0.39, 0.29) is 0 Å². The summed E-state index contributed by atoms with van der Waals surface area (Å²) >= 11 is 0. The molecular weight excluding hydrogens is 328 g/mol. The van der Waals surface area contributed by atoms with Crippen molar-refractivity contribution in [2.24, 2.45) is 5.92 Å². The summed E-state index contributed by atoms with van der Waals surface area (Å²) in [6.45, 7) is 10.6. The fraction of sp³-hybridized carbons (Fsp3) is 0.682. The molecule has 0 radical (unpaired) electrons. The van der Waals surface area contributed by atoms with Crippen LogP contribution in [0.15, 0.2) is 36.0 Å². The topological polar surface area (TPSA) is 55.8 Å². The summed E-state index contributed by atoms with van der Waals surface area (Å²) in [5, 5.41) is 8.95. The fourth-order valence-corrected chi connectivity index (χ4v) is 3.40. The Balaban J connectivity index is 3.02. The van der Waals surface area contributed by atoms with Crippen LogP contribution in [0.2, 0.25) is 0 Å². The Morgan fingerprint density at radius 3 is 2.27 bits per heavy atom. The Morgan fingerprint density at radius 2 is 1.77 bits per heavy atom. The van der Waals surface area contributed by atoms with Crippen molar-refractivity contribution in [3.8, 4) is 0 Å². The Labute approximate surface area is 158 Å². The van der Waals surface area contributed by atoms with Gasteiger partial charge in [-0.05, 0) is 50.5 Å². The summed E-state index contributed by atoms with van der Waals surface area (Å²) in [4.78, 5) is 22.4. The van der Waals surface area contributed by atoms with Crippen LogP contribution in [0.25, 0.3) is 0 Å². The van der Waals surface area contributed by atoms with Crippen molar-refractivity contribution in [3.05, 3.63) is 36.0 Å². The first-order valence-corrected chi connectivity index (χ1v) is 10.0. The largest absolute Gasteiger partial charge is 0.478 e. The van der Waals surface area contributed by atoms with Gasteiger partial charge in [0.2, 0.25) is 0 Å². The second kappa shape index (κ2) is 10.7. The van der Waals surface area contributed by atoms with E-state index in [9.17, 15) is 4.79 Å². The molecule has 148 valence electrons. The lowest BCUT2D eigenvalue weighted by atomic mass is 9.81.